The van der Waals surface area contributed by atoms with Gasteiger partial charge < -0.3 is 15.2 Å². The fraction of sp³-hybridized carbons (Fsp3) is 0.364. The second-order valence-corrected chi connectivity index (χ2v) is 8.05. The Kier molecular flexibility index (Phi) is 5.01. The Morgan fingerprint density at radius 3 is 2.97 bits per heavy atom. The van der Waals surface area contributed by atoms with Crippen LogP contribution in [0.3, 0.4) is 0 Å². The quantitative estimate of drug-likeness (QED) is 0.478. The summed E-state index contributed by atoms with van der Waals surface area (Å²) in [5.41, 5.74) is 5.53. The Bertz CT molecular complexity index is 1310. The van der Waals surface area contributed by atoms with Gasteiger partial charge in [-0.05, 0) is 32.9 Å². The smallest absolute Gasteiger partial charge is 0.210 e. The van der Waals surface area contributed by atoms with Crippen molar-refractivity contribution >= 4 is 11.6 Å². The van der Waals surface area contributed by atoms with Crippen LogP contribution in [-0.2, 0) is 19.5 Å². The van der Waals surface area contributed by atoms with Gasteiger partial charge in [0.15, 0.2) is 5.65 Å². The molecule has 1 atom stereocenters. The van der Waals surface area contributed by atoms with Crippen molar-refractivity contribution in [3.63, 3.8) is 0 Å². The Labute approximate surface area is 183 Å². The molecule has 1 aliphatic heterocycles. The number of aryl methyl sites for hydroxylation is 1. The summed E-state index contributed by atoms with van der Waals surface area (Å²) < 4.78 is 23.6. The minimum atomic E-state index is -0.510. The van der Waals surface area contributed by atoms with Crippen LogP contribution in [-0.4, -0.2) is 47.2 Å². The van der Waals surface area contributed by atoms with Gasteiger partial charge in [-0.15, -0.1) is 10.2 Å². The van der Waals surface area contributed by atoms with Gasteiger partial charge in [-0.1, -0.05) is 0 Å². The highest BCUT2D eigenvalue weighted by Crippen LogP contribution is 2.32. The van der Waals surface area contributed by atoms with Crippen LogP contribution < -0.4 is 10.1 Å². The Morgan fingerprint density at radius 1 is 1.31 bits per heavy atom. The molecule has 0 bridgehead atoms. The molecule has 166 valence electrons. The molecule has 9 nitrogen and oxygen atoms in total. The number of benzene rings is 1. The van der Waals surface area contributed by atoms with Crippen molar-refractivity contribution < 1.29 is 14.2 Å². The van der Waals surface area contributed by atoms with Crippen molar-refractivity contribution in [2.75, 3.05) is 11.9 Å². The summed E-state index contributed by atoms with van der Waals surface area (Å²) in [5, 5.41) is 25.9. The summed E-state index contributed by atoms with van der Waals surface area (Å²) in [6, 6.07) is 3.11. The van der Waals surface area contributed by atoms with Crippen molar-refractivity contribution in [3.8, 4) is 16.9 Å². The third-order valence-corrected chi connectivity index (χ3v) is 5.78. The third kappa shape index (κ3) is 3.36. The minimum Gasteiger partial charge on any atom is -0.493 e. The van der Waals surface area contributed by atoms with Gasteiger partial charge in [0.2, 0.25) is 5.95 Å². The van der Waals surface area contributed by atoms with Crippen LogP contribution in [0.1, 0.15) is 29.4 Å². The highest BCUT2D eigenvalue weighted by molar-refractivity contribution is 5.80. The molecular weight excluding hydrogens is 413 g/mol. The summed E-state index contributed by atoms with van der Waals surface area (Å²) in [4.78, 5) is 4.58. The van der Waals surface area contributed by atoms with E-state index in [0.29, 0.717) is 36.7 Å². The first-order valence-corrected chi connectivity index (χ1v) is 10.5. The number of hydrogen-bond acceptors (Lipinski definition) is 7. The van der Waals surface area contributed by atoms with Crippen LogP contribution in [0.5, 0.6) is 5.75 Å². The molecule has 1 aliphatic rings. The lowest BCUT2D eigenvalue weighted by molar-refractivity contribution is 0.167. The molecule has 2 N–H and O–H groups in total. The number of ether oxygens (including phenoxy) is 1. The van der Waals surface area contributed by atoms with E-state index in [2.05, 4.69) is 25.6 Å². The van der Waals surface area contributed by atoms with E-state index in [1.165, 1.54) is 6.07 Å². The predicted octanol–water partition coefficient (Wildman–Crippen LogP) is 2.67. The molecule has 0 saturated heterocycles. The zero-order valence-electron chi connectivity index (χ0n) is 18.1. The maximum absolute atomic E-state index is 14.5. The Morgan fingerprint density at radius 2 is 2.16 bits per heavy atom. The van der Waals surface area contributed by atoms with Crippen molar-refractivity contribution in [1.82, 2.24) is 29.4 Å². The molecule has 10 heteroatoms. The zero-order valence-corrected chi connectivity index (χ0v) is 18.1. The summed E-state index contributed by atoms with van der Waals surface area (Å²) in [6.07, 6.45) is 3.48. The summed E-state index contributed by atoms with van der Waals surface area (Å²) >= 11 is 0. The van der Waals surface area contributed by atoms with Crippen LogP contribution in [0.2, 0.25) is 0 Å². The largest absolute Gasteiger partial charge is 0.493 e. The van der Waals surface area contributed by atoms with Gasteiger partial charge in [0.25, 0.3) is 0 Å². The molecule has 1 unspecified atom stereocenters. The molecule has 32 heavy (non-hydrogen) atoms. The first-order valence-electron chi connectivity index (χ1n) is 10.5. The van der Waals surface area contributed by atoms with Crippen molar-refractivity contribution in [1.29, 1.82) is 0 Å². The van der Waals surface area contributed by atoms with Crippen LogP contribution in [0.15, 0.2) is 24.7 Å². The van der Waals surface area contributed by atoms with E-state index in [9.17, 15) is 9.50 Å². The van der Waals surface area contributed by atoms with Crippen molar-refractivity contribution in [2.45, 2.75) is 46.4 Å². The summed E-state index contributed by atoms with van der Waals surface area (Å²) in [6.45, 7) is 6.84. The van der Waals surface area contributed by atoms with Crippen LogP contribution in [0.4, 0.5) is 10.3 Å². The zero-order chi connectivity index (χ0) is 22.4. The number of fused-ring (bicyclic) bond motifs is 2. The summed E-state index contributed by atoms with van der Waals surface area (Å²) in [5.74, 6) is 0.979. The van der Waals surface area contributed by atoms with E-state index in [-0.39, 0.29) is 12.4 Å². The first kappa shape index (κ1) is 20.4. The number of rotatable bonds is 6. The van der Waals surface area contributed by atoms with E-state index in [0.717, 1.165) is 33.8 Å². The second kappa shape index (κ2) is 7.86. The number of hydrogen-bond donors (Lipinski definition) is 2. The van der Waals surface area contributed by atoms with Gasteiger partial charge in [-0.25, -0.2) is 9.37 Å². The molecule has 4 aromatic rings. The predicted molar refractivity (Wildman–Crippen MR) is 116 cm³/mol. The topological polar surface area (TPSA) is 102 Å². The maximum atomic E-state index is 14.5. The normalized spacial score (nSPS) is 13.9. The van der Waals surface area contributed by atoms with Crippen LogP contribution in [0, 0.1) is 19.7 Å². The lowest BCUT2D eigenvalue weighted by atomic mass is 10.0. The minimum absolute atomic E-state index is 0.266. The number of aliphatic hydroxyl groups is 1. The number of anilines is 1. The van der Waals surface area contributed by atoms with E-state index in [4.69, 9.17) is 4.74 Å². The lowest BCUT2D eigenvalue weighted by Crippen LogP contribution is -2.14. The fourth-order valence-corrected chi connectivity index (χ4v) is 4.32. The van der Waals surface area contributed by atoms with Gasteiger partial charge in [-0.3, -0.25) is 9.08 Å². The molecule has 4 heterocycles. The van der Waals surface area contributed by atoms with E-state index in [1.807, 2.05) is 13.8 Å². The van der Waals surface area contributed by atoms with Gasteiger partial charge in [0, 0.05) is 47.1 Å². The Balaban J connectivity index is 1.50. The second-order valence-electron chi connectivity index (χ2n) is 8.05. The first-order chi connectivity index (χ1) is 15.4. The van der Waals surface area contributed by atoms with Crippen molar-refractivity contribution in [2.24, 2.45) is 0 Å². The average molecular weight is 437 g/mol. The number of nitrogens with zero attached hydrogens (tertiary/aromatic N) is 6. The molecular formula is C22H24FN7O2. The van der Waals surface area contributed by atoms with E-state index < -0.39 is 6.10 Å². The lowest BCUT2D eigenvalue weighted by Gasteiger charge is -2.13. The van der Waals surface area contributed by atoms with Gasteiger partial charge in [-0.2, -0.15) is 5.10 Å². The molecule has 1 aromatic carbocycles. The molecule has 0 spiro atoms. The number of aromatic nitrogens is 6. The van der Waals surface area contributed by atoms with E-state index >= 15 is 0 Å². The standard InChI is InChI=1S/C22H24FN7O2/c1-12(31)10-30-14(3)20(13(2)28-30)17-9-25-22(29-11-26-27-21(17)29)24-8-16-15-6-7-32-19(15)5-4-18(16)23/h4-5,9,11-12,31H,6-8,10H2,1-3H3,(H,24,25). The monoisotopic (exact) mass is 437 g/mol. The van der Waals surface area contributed by atoms with Crippen LogP contribution >= 0.6 is 0 Å². The molecule has 0 fully saturated rings. The number of halogens is 1. The van der Waals surface area contributed by atoms with Crippen molar-refractivity contribution in [3.05, 3.63) is 53.0 Å². The number of nitrogens with one attached hydrogen (secondary N) is 1. The van der Waals surface area contributed by atoms with Gasteiger partial charge >= 0.3 is 0 Å². The fourth-order valence-electron chi connectivity index (χ4n) is 4.32. The number of aliphatic hydroxyl groups excluding tert-OH is 1. The maximum Gasteiger partial charge on any atom is 0.210 e. The SMILES string of the molecule is Cc1nn(CC(C)O)c(C)c1-c1cnc(NCc2c(F)ccc3c2CCO3)n2cnnc12. The Hall–Kier alpha value is -3.53. The highest BCUT2D eigenvalue weighted by atomic mass is 19.1. The third-order valence-electron chi connectivity index (χ3n) is 5.78. The molecule has 5 rings (SSSR count). The molecule has 0 amide bonds. The molecule has 0 aliphatic carbocycles. The van der Waals surface area contributed by atoms with E-state index in [1.54, 1.807) is 34.6 Å². The highest BCUT2D eigenvalue weighted by Gasteiger charge is 2.22. The molecule has 0 saturated carbocycles. The molecule has 3 aromatic heterocycles. The average Bonchev–Trinajstić information content (AvgIpc) is 3.47. The van der Waals surface area contributed by atoms with Gasteiger partial charge in [0.1, 0.15) is 17.9 Å². The van der Waals surface area contributed by atoms with Gasteiger partial charge in [0.05, 0.1) is 24.9 Å². The molecule has 0 radical (unpaired) electrons. The van der Waals surface area contributed by atoms with Crippen LogP contribution in [0.25, 0.3) is 16.8 Å². The summed E-state index contributed by atoms with van der Waals surface area (Å²) in [7, 11) is 0.